The van der Waals surface area contributed by atoms with Crippen molar-refractivity contribution in [2.75, 3.05) is 0 Å². The van der Waals surface area contributed by atoms with E-state index in [9.17, 15) is 4.79 Å². The lowest BCUT2D eigenvalue weighted by Crippen LogP contribution is -2.10. The van der Waals surface area contributed by atoms with E-state index in [1.807, 2.05) is 37.3 Å². The molecule has 18 heavy (non-hydrogen) atoms. The number of rotatable bonds is 4. The Balaban J connectivity index is 2.92. The molecule has 0 atom stereocenters. The van der Waals surface area contributed by atoms with Gasteiger partial charge in [-0.15, -0.1) is 0 Å². The minimum atomic E-state index is -0.0669. The molecule has 0 bridgehead atoms. The third kappa shape index (κ3) is 4.83. The number of allylic oxidation sites excluding steroid dienone is 5. The van der Waals surface area contributed by atoms with Crippen LogP contribution < -0.4 is 5.32 Å². The van der Waals surface area contributed by atoms with Crippen LogP contribution in [0.15, 0.2) is 54.8 Å². The second-order valence-corrected chi connectivity index (χ2v) is 4.05. The monoisotopic (exact) mass is 241 g/mol. The number of hydrogen-bond donors (Lipinski definition) is 1. The first-order chi connectivity index (χ1) is 8.63. The number of amides is 1. The fraction of sp³-hybridized carbons (Fsp3) is 0.188. The van der Waals surface area contributed by atoms with Crippen molar-refractivity contribution in [1.82, 2.24) is 5.32 Å². The van der Waals surface area contributed by atoms with Gasteiger partial charge in [0, 0.05) is 13.1 Å². The van der Waals surface area contributed by atoms with E-state index < -0.39 is 0 Å². The maximum Gasteiger partial charge on any atom is 0.220 e. The van der Waals surface area contributed by atoms with Gasteiger partial charge in [0.25, 0.3) is 0 Å². The Bertz CT molecular complexity index is 496. The minimum Gasteiger partial charge on any atom is -0.333 e. The van der Waals surface area contributed by atoms with Gasteiger partial charge in [0.1, 0.15) is 0 Å². The molecule has 0 aliphatic carbocycles. The topological polar surface area (TPSA) is 29.1 Å². The summed E-state index contributed by atoms with van der Waals surface area (Å²) in [6.45, 7) is 5.55. The molecule has 1 aromatic rings. The van der Waals surface area contributed by atoms with E-state index in [1.165, 1.54) is 18.1 Å². The molecule has 0 fully saturated rings. The highest BCUT2D eigenvalue weighted by Gasteiger charge is 1.96. The van der Waals surface area contributed by atoms with Crippen LogP contribution in [0.3, 0.4) is 0 Å². The van der Waals surface area contributed by atoms with Crippen molar-refractivity contribution < 1.29 is 4.79 Å². The molecule has 0 radical (unpaired) electrons. The highest BCUT2D eigenvalue weighted by Crippen LogP contribution is 2.17. The number of hydrogen-bond acceptors (Lipinski definition) is 1. The van der Waals surface area contributed by atoms with Crippen molar-refractivity contribution in [2.45, 2.75) is 20.8 Å². The third-order valence-corrected chi connectivity index (χ3v) is 2.36. The summed E-state index contributed by atoms with van der Waals surface area (Å²) in [5.41, 5.74) is 3.51. The van der Waals surface area contributed by atoms with Crippen molar-refractivity contribution in [3.63, 3.8) is 0 Å². The molecule has 0 aliphatic heterocycles. The second-order valence-electron chi connectivity index (χ2n) is 4.05. The molecule has 0 saturated carbocycles. The maximum absolute atomic E-state index is 10.7. The number of benzene rings is 1. The average molecular weight is 241 g/mol. The summed E-state index contributed by atoms with van der Waals surface area (Å²) in [5.74, 6) is -0.0669. The molecule has 2 heteroatoms. The third-order valence-electron chi connectivity index (χ3n) is 2.36. The number of nitrogens with one attached hydrogen (secondary N) is 1. The van der Waals surface area contributed by atoms with Gasteiger partial charge in [-0.25, -0.2) is 0 Å². The van der Waals surface area contributed by atoms with Crippen LogP contribution in [0.25, 0.3) is 5.57 Å². The zero-order valence-corrected chi connectivity index (χ0v) is 11.1. The minimum absolute atomic E-state index is 0.0669. The van der Waals surface area contributed by atoms with E-state index in [1.54, 1.807) is 6.20 Å². The highest BCUT2D eigenvalue weighted by molar-refractivity contribution is 5.76. The average Bonchev–Trinajstić information content (AvgIpc) is 2.33. The molecule has 0 aliphatic rings. The van der Waals surface area contributed by atoms with Gasteiger partial charge >= 0.3 is 0 Å². The van der Waals surface area contributed by atoms with Crippen molar-refractivity contribution >= 4 is 11.5 Å². The molecule has 1 rings (SSSR count). The van der Waals surface area contributed by atoms with Crippen LogP contribution in [-0.2, 0) is 4.79 Å². The Morgan fingerprint density at radius 2 is 2.11 bits per heavy atom. The molecule has 0 spiro atoms. The predicted octanol–water partition coefficient (Wildman–Crippen LogP) is 3.60. The van der Waals surface area contributed by atoms with Crippen LogP contribution in [0.2, 0.25) is 0 Å². The number of carbonyl (C=O) groups excluding carboxylic acids is 1. The van der Waals surface area contributed by atoms with E-state index in [2.05, 4.69) is 30.4 Å². The Morgan fingerprint density at radius 3 is 2.72 bits per heavy atom. The zero-order chi connectivity index (χ0) is 13.4. The smallest absolute Gasteiger partial charge is 0.220 e. The normalized spacial score (nSPS) is 12.3. The summed E-state index contributed by atoms with van der Waals surface area (Å²) in [4.78, 5) is 10.7. The van der Waals surface area contributed by atoms with Gasteiger partial charge in [-0.05, 0) is 31.1 Å². The lowest BCUT2D eigenvalue weighted by molar-refractivity contribution is -0.118. The molecule has 0 aromatic heterocycles. The van der Waals surface area contributed by atoms with Gasteiger partial charge in [0.15, 0.2) is 0 Å². The molecule has 2 nitrogen and oxygen atoms in total. The summed E-state index contributed by atoms with van der Waals surface area (Å²) in [5, 5.41) is 2.62. The van der Waals surface area contributed by atoms with E-state index in [0.29, 0.717) is 0 Å². The van der Waals surface area contributed by atoms with Crippen molar-refractivity contribution in [3.05, 3.63) is 65.9 Å². The molecule has 1 N–H and O–H groups in total. The summed E-state index contributed by atoms with van der Waals surface area (Å²) in [6, 6.07) is 8.33. The van der Waals surface area contributed by atoms with E-state index in [4.69, 9.17) is 0 Å². The summed E-state index contributed by atoms with van der Waals surface area (Å²) < 4.78 is 0. The van der Waals surface area contributed by atoms with Gasteiger partial charge in [-0.3, -0.25) is 4.79 Å². The lowest BCUT2D eigenvalue weighted by Gasteiger charge is -2.03. The van der Waals surface area contributed by atoms with Gasteiger partial charge in [0.2, 0.25) is 5.91 Å². The predicted molar refractivity (Wildman–Crippen MR) is 76.9 cm³/mol. The van der Waals surface area contributed by atoms with Gasteiger partial charge in [0.05, 0.1) is 0 Å². The zero-order valence-electron chi connectivity index (χ0n) is 11.1. The molecule has 0 saturated heterocycles. The van der Waals surface area contributed by atoms with E-state index in [-0.39, 0.29) is 5.91 Å². The molecule has 1 amide bonds. The fourth-order valence-corrected chi connectivity index (χ4v) is 1.57. The lowest BCUT2D eigenvalue weighted by atomic mass is 10.0. The van der Waals surface area contributed by atoms with Crippen molar-refractivity contribution in [2.24, 2.45) is 0 Å². The summed E-state index contributed by atoms with van der Waals surface area (Å²) in [6.07, 6.45) is 9.50. The number of aryl methyl sites for hydroxylation is 1. The van der Waals surface area contributed by atoms with Crippen LogP contribution in [0.4, 0.5) is 0 Å². The largest absolute Gasteiger partial charge is 0.333 e. The van der Waals surface area contributed by atoms with Crippen molar-refractivity contribution in [3.8, 4) is 0 Å². The highest BCUT2D eigenvalue weighted by atomic mass is 16.1. The molecular weight excluding hydrogens is 222 g/mol. The molecule has 0 unspecified atom stereocenters. The quantitative estimate of drug-likeness (QED) is 0.802. The summed E-state index contributed by atoms with van der Waals surface area (Å²) in [7, 11) is 0. The molecule has 1 aromatic carbocycles. The SMILES string of the molecule is C\C=C/C(=C\C=C\NC(C)=O)c1cccc(C)c1. The van der Waals surface area contributed by atoms with E-state index in [0.717, 1.165) is 5.57 Å². The number of carbonyl (C=O) groups is 1. The molecular formula is C16H19NO. The Labute approximate surface area is 109 Å². The Morgan fingerprint density at radius 1 is 1.33 bits per heavy atom. The van der Waals surface area contributed by atoms with Gasteiger partial charge < -0.3 is 5.32 Å². The van der Waals surface area contributed by atoms with Crippen LogP contribution in [0.1, 0.15) is 25.0 Å². The van der Waals surface area contributed by atoms with Crippen molar-refractivity contribution in [1.29, 1.82) is 0 Å². The molecule has 94 valence electrons. The maximum atomic E-state index is 10.7. The van der Waals surface area contributed by atoms with Gasteiger partial charge in [-0.2, -0.15) is 0 Å². The van der Waals surface area contributed by atoms with Crippen LogP contribution in [0, 0.1) is 6.92 Å². The Hall–Kier alpha value is -2.09. The van der Waals surface area contributed by atoms with Gasteiger partial charge in [-0.1, -0.05) is 48.1 Å². The first-order valence-electron chi connectivity index (χ1n) is 5.97. The fourth-order valence-electron chi connectivity index (χ4n) is 1.57. The Kier molecular flexibility index (Phi) is 5.65. The van der Waals surface area contributed by atoms with Crippen LogP contribution in [-0.4, -0.2) is 5.91 Å². The summed E-state index contributed by atoms with van der Waals surface area (Å²) >= 11 is 0. The molecule has 0 heterocycles. The first kappa shape index (κ1) is 14.0. The second kappa shape index (κ2) is 7.28. The van der Waals surface area contributed by atoms with Crippen LogP contribution >= 0.6 is 0 Å². The van der Waals surface area contributed by atoms with E-state index >= 15 is 0 Å². The standard InChI is InChI=1S/C16H19NO/c1-4-7-15(10-6-11-17-14(3)18)16-9-5-8-13(2)12-16/h4-12H,1-3H3,(H,17,18)/b7-4-,11-6+,15-10+. The first-order valence-corrected chi connectivity index (χ1v) is 5.97. The van der Waals surface area contributed by atoms with Crippen LogP contribution in [0.5, 0.6) is 0 Å².